The van der Waals surface area contributed by atoms with Crippen LogP contribution in [0.2, 0.25) is 0 Å². The molecule has 119 heavy (non-hydrogen) atoms. The summed E-state index contributed by atoms with van der Waals surface area (Å²) in [7, 11) is 0. The number of anilines is 3. The second-order valence-corrected chi connectivity index (χ2v) is 31.3. The van der Waals surface area contributed by atoms with Crippen molar-refractivity contribution in [1.82, 2.24) is 34.0 Å². The number of hydrogen-bond acceptors (Lipinski definition) is 19. The van der Waals surface area contributed by atoms with Crippen molar-refractivity contribution in [3.8, 4) is 34.5 Å². The Labute approximate surface area is 731 Å². The van der Waals surface area contributed by atoms with Crippen LogP contribution in [-0.2, 0) is 55.7 Å². The zero-order valence-electron chi connectivity index (χ0n) is 64.2. The van der Waals surface area contributed by atoms with Gasteiger partial charge in [-0.1, -0.05) is 217 Å². The summed E-state index contributed by atoms with van der Waals surface area (Å²) in [4.78, 5) is 66.8. The number of aromatic hydroxyl groups is 1. The molecule has 0 aliphatic carbocycles. The highest BCUT2D eigenvalue weighted by atomic mass is 79.9. The molecule has 1 aliphatic heterocycles. The Balaban J connectivity index is 0.000000164. The van der Waals surface area contributed by atoms with Gasteiger partial charge in [-0.05, 0) is 111 Å². The molecule has 1 saturated heterocycles. The number of benzene rings is 10. The molecule has 36 heteroatoms. The number of nitrogen functional groups attached to an aromatic ring is 1. The minimum Gasteiger partial charge on any atom is -0.506 e. The van der Waals surface area contributed by atoms with E-state index in [0.717, 1.165) is 100 Å². The van der Waals surface area contributed by atoms with Crippen LogP contribution in [0.1, 0.15) is 63.3 Å². The lowest BCUT2D eigenvalue weighted by Crippen LogP contribution is -2.30. The highest BCUT2D eigenvalue weighted by Gasteiger charge is 2.41. The van der Waals surface area contributed by atoms with E-state index in [0.29, 0.717) is 71.0 Å². The molecule has 0 unspecified atom stereocenters. The SMILES string of the molecule is CCNc1c(OCc2ccccc2)cc(Br)cc1[N+](=O)[O-].CCn1cnc2cc(Br)cc(O)c21.CCn1cnc2cc(Br)cc(OCc3ccccc3)c21.CCn1cnc2cc(Br)cc(O[C@H](C)[C@H]3CNC(=O)C3)c21.Nc1c(OCc2ccccc2)cc(Br)cc1[N+](=O)[O-].O=C(Nc1c(OCc2ccccc2)cc(Br)cc1[N+](=O)[O-])C(F)(F)F. The molecule has 27 nitrogen and oxygen atoms in total. The third-order valence-electron chi connectivity index (χ3n) is 17.5. The molecule has 10 aromatic carbocycles. The zero-order chi connectivity index (χ0) is 86.0. The molecule has 6 N–H and O–H groups in total. The van der Waals surface area contributed by atoms with Crippen molar-refractivity contribution in [1.29, 1.82) is 0 Å². The molecule has 0 bridgehead atoms. The van der Waals surface area contributed by atoms with Gasteiger partial charge in [-0.25, -0.2) is 15.0 Å². The minimum atomic E-state index is -5.20. The smallest absolute Gasteiger partial charge is 0.471 e. The number of ether oxygens (including phenoxy) is 5. The lowest BCUT2D eigenvalue weighted by molar-refractivity contribution is -0.384. The van der Waals surface area contributed by atoms with Gasteiger partial charge in [-0.15, -0.1) is 0 Å². The van der Waals surface area contributed by atoms with Crippen LogP contribution in [0.25, 0.3) is 33.1 Å². The van der Waals surface area contributed by atoms with Gasteiger partial charge < -0.3 is 64.2 Å². The van der Waals surface area contributed by atoms with Crippen LogP contribution < -0.4 is 45.4 Å². The lowest BCUT2D eigenvalue weighted by Gasteiger charge is -2.20. The topological polar surface area (TPSA) is 346 Å². The number of imidazole rings is 3. The normalized spacial score (nSPS) is 12.3. The molecular weight excluding hydrogens is 1940 g/mol. The standard InChI is InChI=1S/C16H15BrN2O.C15H10BrF3N2O4.C15H18BrN3O2.C15H15BrN2O3.C13H11BrN2O3.C9H9BrN2O/c1-2-19-11-18-14-8-13(17)9-15(16(14)19)20-10-12-6-4-3-5-7-12;16-10-6-11(21(23)24)13(20-14(22)15(17,18)19)12(7-10)25-8-9-4-2-1-3-5-9;1-3-19-8-18-12-5-11(16)6-13(15(12)19)21-9(2)10-4-14(20)17-7-10;1-2-17-15-13(18(19)20)8-12(16)9-14(15)21-10-11-6-4-3-5-7-11;14-10-6-11(16(17)18)13(15)12(7-10)19-8-9-4-2-1-3-5-9;1-2-12-5-11-7-3-6(10)4-8(13)9(7)12/h3-9,11H,2,10H2,1H3;1-7H,8H2,(H,20,22);5-6,8-10H,3-4,7H2,1-2H3,(H,17,20);3-9,17H,2,10H2,1H3;1-7H,8,15H2;3-5,13H,2H2,1H3/t;;9-,10-;;;/m..1.../s1. The Morgan fingerprint density at radius 3 is 1.27 bits per heavy atom. The van der Waals surface area contributed by atoms with Crippen molar-refractivity contribution in [3.63, 3.8) is 0 Å². The molecule has 13 aromatic rings. The molecular formula is C83H78Br6F3N13O14. The van der Waals surface area contributed by atoms with E-state index in [1.54, 1.807) is 54.9 Å². The van der Waals surface area contributed by atoms with E-state index in [2.05, 4.69) is 156 Å². The summed E-state index contributed by atoms with van der Waals surface area (Å²) < 4.78 is 76.6. The number of aromatic nitrogens is 6. The molecule has 4 heterocycles. The first-order valence-electron chi connectivity index (χ1n) is 36.5. The molecule has 0 radical (unpaired) electrons. The number of hydrogen-bond donors (Lipinski definition) is 5. The van der Waals surface area contributed by atoms with E-state index in [4.69, 9.17) is 29.4 Å². The number of nitro groups is 3. The Morgan fingerprint density at radius 2 is 0.866 bits per heavy atom. The van der Waals surface area contributed by atoms with Gasteiger partial charge in [-0.2, -0.15) is 13.2 Å². The first-order chi connectivity index (χ1) is 56.9. The first-order valence-corrected chi connectivity index (χ1v) is 41.2. The second-order valence-electron chi connectivity index (χ2n) is 25.8. The summed E-state index contributed by atoms with van der Waals surface area (Å²) in [6.07, 6.45) is 0.725. The maximum Gasteiger partial charge on any atom is 0.471 e. The maximum atomic E-state index is 12.5. The summed E-state index contributed by atoms with van der Waals surface area (Å²) in [5.74, 6) is 0.418. The molecule has 2 atom stereocenters. The van der Waals surface area contributed by atoms with Crippen molar-refractivity contribution >= 4 is 175 Å². The van der Waals surface area contributed by atoms with Gasteiger partial charge in [0, 0.05) is 90.1 Å². The number of nitrogens with one attached hydrogen (secondary N) is 3. The Bertz CT molecular complexity index is 5670. The summed E-state index contributed by atoms with van der Waals surface area (Å²) >= 11 is 19.8. The molecule has 2 amide bonds. The fraction of sp³-hybridized carbons (Fsp3) is 0.217. The summed E-state index contributed by atoms with van der Waals surface area (Å²) in [6.45, 7) is 15.0. The number of rotatable bonds is 24. The van der Waals surface area contributed by atoms with Gasteiger partial charge in [0.25, 0.3) is 17.1 Å². The number of carbonyl (C=O) groups excluding carboxylic acids is 2. The van der Waals surface area contributed by atoms with Crippen LogP contribution in [0.4, 0.5) is 47.3 Å². The number of carbonyl (C=O) groups is 2. The van der Waals surface area contributed by atoms with Crippen LogP contribution in [0.5, 0.6) is 34.5 Å². The van der Waals surface area contributed by atoms with E-state index < -0.39 is 38.2 Å². The van der Waals surface area contributed by atoms with Crippen molar-refractivity contribution < 1.29 is 66.3 Å². The third kappa shape index (κ3) is 26.2. The summed E-state index contributed by atoms with van der Waals surface area (Å²) in [6, 6.07) is 57.9. The van der Waals surface area contributed by atoms with E-state index >= 15 is 0 Å². The van der Waals surface area contributed by atoms with Gasteiger partial charge in [0.1, 0.15) is 66.3 Å². The lowest BCUT2D eigenvalue weighted by atomic mass is 10.0. The van der Waals surface area contributed by atoms with Crippen LogP contribution in [0, 0.1) is 36.3 Å². The van der Waals surface area contributed by atoms with Crippen molar-refractivity contribution in [2.75, 3.05) is 29.5 Å². The van der Waals surface area contributed by atoms with Crippen LogP contribution in [-0.4, -0.2) is 85.7 Å². The highest BCUT2D eigenvalue weighted by Crippen LogP contribution is 2.42. The first kappa shape index (κ1) is 91.7. The number of halogens is 9. The summed E-state index contributed by atoms with van der Waals surface area (Å²) in [5, 5.41) is 50.2. The van der Waals surface area contributed by atoms with Crippen molar-refractivity contribution in [2.24, 2.45) is 5.92 Å². The predicted molar refractivity (Wildman–Crippen MR) is 471 cm³/mol. The van der Waals surface area contributed by atoms with Gasteiger partial charge in [-0.3, -0.25) is 39.9 Å². The largest absolute Gasteiger partial charge is 0.506 e. The molecule has 1 fully saturated rings. The van der Waals surface area contributed by atoms with Crippen molar-refractivity contribution in [2.45, 2.75) is 99.4 Å². The zero-order valence-corrected chi connectivity index (χ0v) is 73.7. The molecule has 1 aliphatic rings. The number of nitrogens with two attached hydrogens (primary N) is 1. The number of fused-ring (bicyclic) bond motifs is 3. The molecule has 622 valence electrons. The fourth-order valence-corrected chi connectivity index (χ4v) is 14.3. The Morgan fingerprint density at radius 1 is 0.521 bits per heavy atom. The number of nitrogens with zero attached hydrogens (tertiary/aromatic N) is 9. The molecule has 3 aromatic heterocycles. The number of aryl methyl sites for hydroxylation is 3. The maximum absolute atomic E-state index is 12.5. The van der Waals surface area contributed by atoms with E-state index in [1.807, 2.05) is 147 Å². The number of alkyl halides is 3. The van der Waals surface area contributed by atoms with E-state index in [1.165, 1.54) is 23.5 Å². The van der Waals surface area contributed by atoms with Gasteiger partial charge >= 0.3 is 12.1 Å². The quantitative estimate of drug-likeness (QED) is 0.0213. The van der Waals surface area contributed by atoms with E-state index in [-0.39, 0.29) is 57.6 Å². The van der Waals surface area contributed by atoms with Crippen LogP contribution in [0.3, 0.4) is 0 Å². The average Bonchev–Trinajstić information content (AvgIpc) is 1.69. The molecule has 14 rings (SSSR count). The Hall–Kier alpha value is -11.2. The number of nitro benzene ring substituents is 3. The van der Waals surface area contributed by atoms with E-state index in [9.17, 15) is 58.2 Å². The number of phenols is 1. The fourth-order valence-electron chi connectivity index (χ4n) is 11.7. The molecule has 0 spiro atoms. The number of amides is 2. The van der Waals surface area contributed by atoms with Gasteiger partial charge in [0.15, 0.2) is 34.3 Å². The molecule has 0 saturated carbocycles. The van der Waals surface area contributed by atoms with Crippen LogP contribution >= 0.6 is 95.6 Å². The average molecular weight is 2020 g/mol. The second kappa shape index (κ2) is 44.0. The van der Waals surface area contributed by atoms with Crippen molar-refractivity contribution in [3.05, 3.63) is 293 Å². The summed E-state index contributed by atoms with van der Waals surface area (Å²) in [5.41, 5.74) is 13.9. The Kier molecular flexibility index (Phi) is 33.9. The third-order valence-corrected chi connectivity index (χ3v) is 20.3. The monoisotopic (exact) mass is 2010 g/mol. The predicted octanol–water partition coefficient (Wildman–Crippen LogP) is 22.0. The highest BCUT2D eigenvalue weighted by molar-refractivity contribution is 9.11. The van der Waals surface area contributed by atoms with Gasteiger partial charge in [0.2, 0.25) is 5.91 Å². The minimum absolute atomic E-state index is 0.00529. The number of phenolic OH excluding ortho intramolecular Hbond substituents is 1. The van der Waals surface area contributed by atoms with Crippen LogP contribution in [0.15, 0.2) is 240 Å². The van der Waals surface area contributed by atoms with Gasteiger partial charge in [0.05, 0.1) is 50.3 Å².